The number of ether oxygens (including phenoxy) is 2. The lowest BCUT2D eigenvalue weighted by Crippen LogP contribution is -2.52. The van der Waals surface area contributed by atoms with Gasteiger partial charge in [-0.25, -0.2) is 4.79 Å². The van der Waals surface area contributed by atoms with Crippen molar-refractivity contribution in [3.63, 3.8) is 0 Å². The normalized spacial score (nSPS) is 16.4. The van der Waals surface area contributed by atoms with Gasteiger partial charge in [0.15, 0.2) is 6.73 Å². The van der Waals surface area contributed by atoms with Gasteiger partial charge in [-0.3, -0.25) is 19.3 Å². The van der Waals surface area contributed by atoms with Crippen LogP contribution in [0.4, 0.5) is 16.2 Å². The molecular weight excluding hydrogens is 618 g/mol. The molecule has 44 heavy (non-hydrogen) atoms. The lowest BCUT2D eigenvalue weighted by molar-refractivity contribution is -0.119. The van der Waals surface area contributed by atoms with Crippen LogP contribution in [0.1, 0.15) is 59.4 Å². The summed E-state index contributed by atoms with van der Waals surface area (Å²) in [7, 11) is 0.241. The second-order valence-electron chi connectivity index (χ2n) is 13.0. The van der Waals surface area contributed by atoms with E-state index >= 15 is 0 Å². The minimum atomic E-state index is -0.415. The number of fused-ring (bicyclic) bond motifs is 1. The van der Waals surface area contributed by atoms with Gasteiger partial charge in [0.1, 0.15) is 5.75 Å². The van der Waals surface area contributed by atoms with Crippen molar-refractivity contribution in [1.82, 2.24) is 9.57 Å². The maximum absolute atomic E-state index is 13.2. The zero-order valence-electron chi connectivity index (χ0n) is 26.9. The van der Waals surface area contributed by atoms with Gasteiger partial charge in [0.2, 0.25) is 5.91 Å². The highest BCUT2D eigenvalue weighted by Gasteiger charge is 2.41. The number of rotatable bonds is 11. The number of unbranched alkanes of at least 4 members (excludes halogenated alkanes) is 1. The molecule has 2 heterocycles. The van der Waals surface area contributed by atoms with E-state index in [-0.39, 0.29) is 26.8 Å². The van der Waals surface area contributed by atoms with Crippen molar-refractivity contribution in [2.24, 2.45) is 5.41 Å². The number of piperazine rings is 1. The van der Waals surface area contributed by atoms with Crippen LogP contribution >= 0.6 is 31.9 Å². The number of carbonyl (C=O) groups is 2. The zero-order chi connectivity index (χ0) is 32.1. The molecule has 2 amide bonds. The second kappa shape index (κ2) is 14.9. The lowest BCUT2D eigenvalue weighted by Gasteiger charge is -2.46. The van der Waals surface area contributed by atoms with E-state index in [4.69, 9.17) is 32.7 Å². The summed E-state index contributed by atoms with van der Waals surface area (Å²) in [5.74, 6) is 0.660. The quantitative estimate of drug-likeness (QED) is 0.181. The smallest absolute Gasteiger partial charge is 0.415 e. The fraction of sp³-hybridized carbons (Fsp3) is 0.576. The number of halogens is 2. The van der Waals surface area contributed by atoms with Crippen LogP contribution in [0.15, 0.2) is 36.4 Å². The van der Waals surface area contributed by atoms with E-state index in [1.54, 1.807) is 9.57 Å². The van der Waals surface area contributed by atoms with Crippen LogP contribution in [-0.4, -0.2) is 79.8 Å². The van der Waals surface area contributed by atoms with Gasteiger partial charge in [-0.2, -0.15) is 0 Å². The predicted molar refractivity (Wildman–Crippen MR) is 183 cm³/mol. The molecule has 0 spiro atoms. The Morgan fingerprint density at radius 1 is 0.977 bits per heavy atom. The second-order valence-corrected chi connectivity index (χ2v) is 14.7. The Morgan fingerprint density at radius 3 is 2.39 bits per heavy atom. The monoisotopic (exact) mass is 664 g/mol. The molecule has 0 N–H and O–H groups in total. The zero-order valence-corrected chi connectivity index (χ0v) is 29.4. The summed E-state index contributed by atoms with van der Waals surface area (Å²) in [6, 6.07) is 11.7. The Labute approximate surface area is 274 Å². The molecule has 1 unspecified atom stereocenters. The number of benzene rings is 2. The summed E-state index contributed by atoms with van der Waals surface area (Å²) in [6.45, 7) is 17.7. The van der Waals surface area contributed by atoms with Gasteiger partial charge in [-0.05, 0) is 84.2 Å². The van der Waals surface area contributed by atoms with Crippen molar-refractivity contribution in [1.29, 1.82) is 0 Å². The van der Waals surface area contributed by atoms with Gasteiger partial charge in [0.05, 0.1) is 28.0 Å². The molecule has 1 saturated heterocycles. The van der Waals surface area contributed by atoms with Crippen molar-refractivity contribution in [2.75, 3.05) is 62.5 Å². The van der Waals surface area contributed by atoms with E-state index in [1.165, 1.54) is 0 Å². The molecular formula is C33H47Cl2N4O4P. The van der Waals surface area contributed by atoms with E-state index in [2.05, 4.69) is 44.4 Å². The maximum Gasteiger partial charge on any atom is 0.415 e. The average Bonchev–Trinajstić information content (AvgIpc) is 2.98. The first-order chi connectivity index (χ1) is 20.8. The molecule has 2 aliphatic rings. The van der Waals surface area contributed by atoms with Crippen LogP contribution in [0.2, 0.25) is 10.0 Å². The molecule has 8 nitrogen and oxygen atoms in total. The van der Waals surface area contributed by atoms with Crippen LogP contribution < -0.4 is 14.5 Å². The van der Waals surface area contributed by atoms with Crippen LogP contribution in [0.25, 0.3) is 0 Å². The third-order valence-corrected chi connectivity index (χ3v) is 11.2. The first kappa shape index (κ1) is 34.6. The summed E-state index contributed by atoms with van der Waals surface area (Å²) in [5, 5.41) is 1.21. The van der Waals surface area contributed by atoms with Gasteiger partial charge in [-0.15, -0.1) is 0 Å². The van der Waals surface area contributed by atoms with Gasteiger partial charge in [0, 0.05) is 44.2 Å². The number of anilines is 2. The molecule has 242 valence electrons. The first-order valence-corrected chi connectivity index (χ1v) is 17.7. The predicted octanol–water partition coefficient (Wildman–Crippen LogP) is 7.70. The van der Waals surface area contributed by atoms with Gasteiger partial charge < -0.3 is 14.4 Å². The Hall–Kier alpha value is -2.25. The summed E-state index contributed by atoms with van der Waals surface area (Å²) in [6.07, 6.45) is 2.60. The highest BCUT2D eigenvalue weighted by molar-refractivity contribution is 7.35. The molecule has 1 fully saturated rings. The Morgan fingerprint density at radius 2 is 1.70 bits per heavy atom. The number of nitrogens with zero attached hydrogens (tertiary/aromatic N) is 4. The average molecular weight is 666 g/mol. The standard InChI is InChI=1S/C33H47Cl2N4O4P/c1-32(2,3)33(4,5)39(44-6)31(41)43-23-38-28-22-25(14-12-24(28)13-15-29(38)40)42-21-8-7-16-36-17-19-37(20-18-36)27-11-9-10-26(34)30(27)35/h9-12,14,22,44H,7-8,13,15-21,23H2,1-6H3. The van der Waals surface area contributed by atoms with Crippen molar-refractivity contribution in [3.8, 4) is 5.75 Å². The molecule has 0 saturated carbocycles. The molecule has 2 aliphatic heterocycles. The highest BCUT2D eigenvalue weighted by atomic mass is 35.5. The topological polar surface area (TPSA) is 65.6 Å². The number of amides is 2. The van der Waals surface area contributed by atoms with Crippen LogP contribution in [-0.2, 0) is 16.0 Å². The number of carbonyl (C=O) groups excluding carboxylic acids is 2. The summed E-state index contributed by atoms with van der Waals surface area (Å²) in [5.41, 5.74) is 2.25. The van der Waals surface area contributed by atoms with Gasteiger partial charge in [-0.1, -0.05) is 56.1 Å². The Balaban J connectivity index is 1.25. The molecule has 2 aromatic rings. The van der Waals surface area contributed by atoms with E-state index < -0.39 is 11.6 Å². The molecule has 0 radical (unpaired) electrons. The van der Waals surface area contributed by atoms with E-state index in [0.29, 0.717) is 35.2 Å². The number of hydrogen-bond acceptors (Lipinski definition) is 6. The first-order valence-electron chi connectivity index (χ1n) is 15.4. The molecule has 0 aliphatic carbocycles. The van der Waals surface area contributed by atoms with E-state index in [1.807, 2.05) is 43.1 Å². The minimum Gasteiger partial charge on any atom is -0.494 e. The third-order valence-electron chi connectivity index (χ3n) is 9.16. The lowest BCUT2D eigenvalue weighted by atomic mass is 9.76. The number of hydrogen-bond donors (Lipinski definition) is 0. The molecule has 1 atom stereocenters. The van der Waals surface area contributed by atoms with Crippen LogP contribution in [0.5, 0.6) is 5.75 Å². The fourth-order valence-electron chi connectivity index (χ4n) is 5.44. The molecule has 0 aromatic heterocycles. The summed E-state index contributed by atoms with van der Waals surface area (Å²) in [4.78, 5) is 32.4. The largest absolute Gasteiger partial charge is 0.494 e. The van der Waals surface area contributed by atoms with Crippen molar-refractivity contribution in [2.45, 2.75) is 65.8 Å². The van der Waals surface area contributed by atoms with Gasteiger partial charge in [0.25, 0.3) is 0 Å². The fourth-order valence-corrected chi connectivity index (χ4v) is 7.00. The van der Waals surface area contributed by atoms with Crippen molar-refractivity contribution in [3.05, 3.63) is 52.0 Å². The number of aryl methyl sites for hydroxylation is 1. The minimum absolute atomic E-state index is 0.0549. The third kappa shape index (κ3) is 8.12. The SMILES string of the molecule is CPN(C(=O)OCN1C(=O)CCc2ccc(OCCCCN3CCN(c4cccc(Cl)c4Cl)CC3)cc21)C(C)(C)C(C)(C)C. The van der Waals surface area contributed by atoms with E-state index in [9.17, 15) is 9.59 Å². The molecule has 4 rings (SSSR count). The summed E-state index contributed by atoms with van der Waals surface area (Å²) < 4.78 is 13.6. The molecule has 2 aromatic carbocycles. The van der Waals surface area contributed by atoms with Crippen molar-refractivity contribution >= 4 is 55.3 Å². The van der Waals surface area contributed by atoms with Crippen LogP contribution in [0, 0.1) is 5.41 Å². The van der Waals surface area contributed by atoms with Gasteiger partial charge >= 0.3 is 6.09 Å². The molecule has 0 bridgehead atoms. The maximum atomic E-state index is 13.2. The van der Waals surface area contributed by atoms with E-state index in [0.717, 1.165) is 62.5 Å². The molecule has 11 heteroatoms. The Bertz CT molecular complexity index is 1310. The highest BCUT2D eigenvalue weighted by Crippen LogP contribution is 2.41. The summed E-state index contributed by atoms with van der Waals surface area (Å²) >= 11 is 12.6. The van der Waals surface area contributed by atoms with Crippen LogP contribution in [0.3, 0.4) is 0 Å². The Kier molecular flexibility index (Phi) is 11.7. The van der Waals surface area contributed by atoms with Crippen molar-refractivity contribution < 1.29 is 19.1 Å².